The molecule has 0 atom stereocenters. The highest BCUT2D eigenvalue weighted by atomic mass is 35.5. The molecule has 0 amide bonds. The molecule has 28 heavy (non-hydrogen) atoms. The van der Waals surface area contributed by atoms with Crippen molar-refractivity contribution in [3.8, 4) is 16.9 Å². The molecule has 0 fully saturated rings. The Kier molecular flexibility index (Phi) is 5.07. The quantitative estimate of drug-likeness (QED) is 0.410. The van der Waals surface area contributed by atoms with Gasteiger partial charge in [-0.1, -0.05) is 60.1 Å². The number of halogens is 1. The number of para-hydroxylation sites is 1. The minimum atomic E-state index is 0.293. The van der Waals surface area contributed by atoms with Gasteiger partial charge in [-0.25, -0.2) is 15.1 Å². The van der Waals surface area contributed by atoms with E-state index < -0.39 is 0 Å². The summed E-state index contributed by atoms with van der Waals surface area (Å²) in [5.41, 5.74) is 6.81. The predicted molar refractivity (Wildman–Crippen MR) is 110 cm³/mol. The van der Waals surface area contributed by atoms with Crippen LogP contribution in [0.2, 0.25) is 5.15 Å². The molecule has 4 rings (SSSR count). The van der Waals surface area contributed by atoms with Crippen molar-refractivity contribution in [2.75, 3.05) is 5.43 Å². The second kappa shape index (κ2) is 7.98. The first-order valence-electron chi connectivity index (χ1n) is 8.57. The van der Waals surface area contributed by atoms with Gasteiger partial charge >= 0.3 is 0 Å². The van der Waals surface area contributed by atoms with E-state index >= 15 is 0 Å². The average Bonchev–Trinajstić information content (AvgIpc) is 3.03. The molecular weight excluding hydrogens is 374 g/mol. The van der Waals surface area contributed by atoms with Gasteiger partial charge in [-0.2, -0.15) is 15.3 Å². The molecule has 0 aliphatic rings. The normalized spacial score (nSPS) is 11.1. The minimum Gasteiger partial charge on any atom is -0.244 e. The van der Waals surface area contributed by atoms with Gasteiger partial charge in [0.2, 0.25) is 0 Å². The molecule has 2 aromatic heterocycles. The lowest BCUT2D eigenvalue weighted by molar-refractivity contribution is 0.863. The summed E-state index contributed by atoms with van der Waals surface area (Å²) in [6, 6.07) is 19.4. The number of aromatic nitrogens is 5. The summed E-state index contributed by atoms with van der Waals surface area (Å²) in [6.45, 7) is 1.88. The molecule has 8 heteroatoms. The van der Waals surface area contributed by atoms with Crippen molar-refractivity contribution in [2.24, 2.45) is 5.10 Å². The van der Waals surface area contributed by atoms with Gasteiger partial charge in [0, 0.05) is 5.56 Å². The van der Waals surface area contributed by atoms with Crippen molar-refractivity contribution >= 4 is 23.8 Å². The summed E-state index contributed by atoms with van der Waals surface area (Å²) in [5.74, 6) is 0.293. The van der Waals surface area contributed by atoms with E-state index in [1.165, 1.54) is 0 Å². The van der Waals surface area contributed by atoms with E-state index in [1.54, 1.807) is 17.1 Å². The fourth-order valence-electron chi connectivity index (χ4n) is 2.65. The minimum absolute atomic E-state index is 0.293. The second-order valence-electron chi connectivity index (χ2n) is 5.94. The van der Waals surface area contributed by atoms with Crippen LogP contribution < -0.4 is 5.43 Å². The van der Waals surface area contributed by atoms with E-state index in [0.29, 0.717) is 22.4 Å². The number of aryl methyl sites for hydroxylation is 1. The van der Waals surface area contributed by atoms with Gasteiger partial charge in [0.1, 0.15) is 5.15 Å². The lowest BCUT2D eigenvalue weighted by atomic mass is 10.2. The molecule has 0 radical (unpaired) electrons. The largest absolute Gasteiger partial charge is 0.263 e. The Hall–Kier alpha value is -3.58. The molecule has 0 aliphatic carbocycles. The van der Waals surface area contributed by atoms with E-state index in [2.05, 4.69) is 30.8 Å². The van der Waals surface area contributed by atoms with E-state index in [0.717, 1.165) is 16.9 Å². The Morgan fingerprint density at radius 1 is 1.04 bits per heavy atom. The summed E-state index contributed by atoms with van der Waals surface area (Å²) >= 11 is 6.49. The first-order valence-corrected chi connectivity index (χ1v) is 8.95. The molecule has 1 N–H and O–H groups in total. The van der Waals surface area contributed by atoms with Gasteiger partial charge in [-0.15, -0.1) is 5.10 Å². The Bertz CT molecular complexity index is 1110. The monoisotopic (exact) mass is 389 g/mol. The van der Waals surface area contributed by atoms with Crippen molar-refractivity contribution in [1.29, 1.82) is 0 Å². The van der Waals surface area contributed by atoms with Crippen molar-refractivity contribution in [1.82, 2.24) is 25.0 Å². The van der Waals surface area contributed by atoms with Crippen LogP contribution in [-0.4, -0.2) is 31.2 Å². The van der Waals surface area contributed by atoms with E-state index in [4.69, 9.17) is 11.6 Å². The summed E-state index contributed by atoms with van der Waals surface area (Å²) in [6.07, 6.45) is 3.21. The third-order valence-corrected chi connectivity index (χ3v) is 4.40. The molecule has 7 nitrogen and oxygen atoms in total. The maximum absolute atomic E-state index is 6.49. The summed E-state index contributed by atoms with van der Waals surface area (Å²) in [7, 11) is 0. The molecule has 0 unspecified atom stereocenters. The predicted octanol–water partition coefficient (Wildman–Crippen LogP) is 4.13. The summed E-state index contributed by atoms with van der Waals surface area (Å²) in [4.78, 5) is 4.42. The van der Waals surface area contributed by atoms with Gasteiger partial charge in [0.15, 0.2) is 0 Å². The Labute approximate surface area is 166 Å². The topological polar surface area (TPSA) is 80.9 Å². The van der Waals surface area contributed by atoms with Crippen LogP contribution in [0.1, 0.15) is 11.3 Å². The highest BCUT2D eigenvalue weighted by Gasteiger charge is 2.13. The van der Waals surface area contributed by atoms with Crippen LogP contribution >= 0.6 is 11.6 Å². The lowest BCUT2D eigenvalue weighted by Crippen LogP contribution is -2.00. The zero-order valence-corrected chi connectivity index (χ0v) is 15.7. The number of hydrogen-bond acceptors (Lipinski definition) is 6. The molecule has 0 aliphatic heterocycles. The van der Waals surface area contributed by atoms with Crippen LogP contribution in [0.25, 0.3) is 16.9 Å². The molecule has 138 valence electrons. The van der Waals surface area contributed by atoms with Gasteiger partial charge in [-0.05, 0) is 19.1 Å². The zero-order valence-electron chi connectivity index (χ0n) is 15.0. The first kappa shape index (κ1) is 17.8. The highest BCUT2D eigenvalue weighted by molar-refractivity contribution is 6.32. The summed E-state index contributed by atoms with van der Waals surface area (Å²) < 4.78 is 1.67. The lowest BCUT2D eigenvalue weighted by Gasteiger charge is -2.02. The van der Waals surface area contributed by atoms with Gasteiger partial charge in [0.05, 0.1) is 35.1 Å². The molecule has 0 spiro atoms. The van der Waals surface area contributed by atoms with Crippen molar-refractivity contribution < 1.29 is 0 Å². The number of rotatable bonds is 5. The standard InChI is InChI=1S/C20H16ClN7/c1-14-17(19(21)28(27-14)16-10-6-3-7-11-16)12-22-25-20-24-18(13-23-26-20)15-8-4-2-5-9-15/h2-13H,1H3,(H,24,25,26)/b22-12-. The van der Waals surface area contributed by atoms with Crippen LogP contribution in [0.4, 0.5) is 5.95 Å². The smallest absolute Gasteiger partial charge is 0.244 e. The van der Waals surface area contributed by atoms with E-state index in [1.807, 2.05) is 67.6 Å². The van der Waals surface area contributed by atoms with Gasteiger partial charge < -0.3 is 0 Å². The number of anilines is 1. The van der Waals surface area contributed by atoms with Gasteiger partial charge in [-0.3, -0.25) is 0 Å². The number of hydrazone groups is 1. The van der Waals surface area contributed by atoms with Crippen LogP contribution in [-0.2, 0) is 0 Å². The molecule has 0 bridgehead atoms. The second-order valence-corrected chi connectivity index (χ2v) is 6.30. The summed E-state index contributed by atoms with van der Waals surface area (Å²) in [5, 5.41) is 17.1. The SMILES string of the molecule is Cc1nn(-c2ccccc2)c(Cl)c1/C=N\Nc1nncc(-c2ccccc2)n1. The molecular formula is C20H16ClN7. The molecule has 2 aromatic carbocycles. The van der Waals surface area contributed by atoms with Crippen LogP contribution in [0.5, 0.6) is 0 Å². The first-order chi connectivity index (χ1) is 13.7. The van der Waals surface area contributed by atoms with Crippen molar-refractivity contribution in [3.05, 3.63) is 83.3 Å². The molecule has 2 heterocycles. The van der Waals surface area contributed by atoms with Crippen molar-refractivity contribution in [3.63, 3.8) is 0 Å². The number of nitrogens with one attached hydrogen (secondary N) is 1. The fourth-order valence-corrected chi connectivity index (χ4v) is 2.97. The van der Waals surface area contributed by atoms with E-state index in [9.17, 15) is 0 Å². The van der Waals surface area contributed by atoms with Crippen LogP contribution in [0, 0.1) is 6.92 Å². The Morgan fingerprint density at radius 3 is 2.50 bits per heavy atom. The Morgan fingerprint density at radius 2 is 1.75 bits per heavy atom. The molecule has 4 aromatic rings. The molecule has 0 saturated heterocycles. The highest BCUT2D eigenvalue weighted by Crippen LogP contribution is 2.22. The molecule has 0 saturated carbocycles. The Balaban J connectivity index is 1.54. The van der Waals surface area contributed by atoms with Crippen LogP contribution in [0.15, 0.2) is 72.0 Å². The van der Waals surface area contributed by atoms with Gasteiger partial charge in [0.25, 0.3) is 5.95 Å². The maximum atomic E-state index is 6.49. The number of hydrogen-bond donors (Lipinski definition) is 1. The van der Waals surface area contributed by atoms with Crippen molar-refractivity contribution in [2.45, 2.75) is 6.92 Å². The number of benzene rings is 2. The third kappa shape index (κ3) is 3.74. The average molecular weight is 390 g/mol. The van der Waals surface area contributed by atoms with E-state index in [-0.39, 0.29) is 0 Å². The van der Waals surface area contributed by atoms with Crippen LogP contribution in [0.3, 0.4) is 0 Å². The fraction of sp³-hybridized carbons (Fsp3) is 0.0500. The third-order valence-electron chi connectivity index (χ3n) is 4.04. The maximum Gasteiger partial charge on any atom is 0.263 e. The number of nitrogens with zero attached hydrogens (tertiary/aromatic N) is 6. The zero-order chi connectivity index (χ0) is 19.3.